The van der Waals surface area contributed by atoms with Gasteiger partial charge in [0.2, 0.25) is 0 Å². The average molecular weight is 705 g/mol. The van der Waals surface area contributed by atoms with Crippen LogP contribution in [0.2, 0.25) is 0 Å². The molecule has 4 aromatic rings. The summed E-state index contributed by atoms with van der Waals surface area (Å²) in [5.74, 6) is 0.892. The van der Waals surface area contributed by atoms with Gasteiger partial charge in [0.25, 0.3) is 0 Å². The lowest BCUT2D eigenvalue weighted by molar-refractivity contribution is 0.0169. The van der Waals surface area contributed by atoms with Gasteiger partial charge in [0.05, 0.1) is 16.8 Å². The zero-order valence-corrected chi connectivity index (χ0v) is 23.7. The van der Waals surface area contributed by atoms with Crippen LogP contribution < -0.4 is 11.5 Å². The summed E-state index contributed by atoms with van der Waals surface area (Å²) in [4.78, 5) is 30.2. The molecule has 35 heavy (non-hydrogen) atoms. The standard InChI is InChI=1S/C15H21IN6O2.C5H4IN5/c1-15(2,3)24-14(23)21-6-4-5-9(7-21)22-13-10(11(16)20-22)12(17)18-8-19-13;6-3-2-4(7)8-1-9-5(2)11-10-3/h8-9H,4-7H2,1-3H3,(H2,17,18,19);1H,(H3,7,8,9,10,11)/t9-;/m1./s1. The molecule has 15 heteroatoms. The van der Waals surface area contributed by atoms with Crippen molar-refractivity contribution in [2.45, 2.75) is 45.3 Å². The maximum absolute atomic E-state index is 12.3. The molecular formula is C20H25I2N11O2. The van der Waals surface area contributed by atoms with Crippen molar-refractivity contribution < 1.29 is 9.53 Å². The predicted molar refractivity (Wildman–Crippen MR) is 147 cm³/mol. The molecule has 1 saturated heterocycles. The number of hydrogen-bond donors (Lipinski definition) is 3. The van der Waals surface area contributed by atoms with E-state index < -0.39 is 5.60 Å². The Bertz CT molecular complexity index is 1360. The van der Waals surface area contributed by atoms with Gasteiger partial charge in [-0.3, -0.25) is 5.10 Å². The quantitative estimate of drug-likeness (QED) is 0.249. The van der Waals surface area contributed by atoms with Gasteiger partial charge in [-0.25, -0.2) is 29.4 Å². The van der Waals surface area contributed by atoms with Crippen molar-refractivity contribution >= 4 is 85.0 Å². The number of aromatic amines is 1. The normalized spacial score (nSPS) is 16.3. The van der Waals surface area contributed by atoms with Crippen LogP contribution in [0, 0.1) is 7.40 Å². The van der Waals surface area contributed by atoms with Gasteiger partial charge in [-0.1, -0.05) is 0 Å². The van der Waals surface area contributed by atoms with Crippen molar-refractivity contribution in [3.63, 3.8) is 0 Å². The number of ether oxygens (including phenoxy) is 1. The number of anilines is 2. The van der Waals surface area contributed by atoms with Crippen molar-refractivity contribution in [2.24, 2.45) is 0 Å². The van der Waals surface area contributed by atoms with Crippen molar-refractivity contribution in [1.29, 1.82) is 0 Å². The molecule has 0 aliphatic carbocycles. The second-order valence-corrected chi connectivity index (χ2v) is 11.0. The van der Waals surface area contributed by atoms with E-state index in [1.165, 1.54) is 12.7 Å². The van der Waals surface area contributed by atoms with Crippen LogP contribution in [0.4, 0.5) is 16.4 Å². The van der Waals surface area contributed by atoms with E-state index in [9.17, 15) is 4.79 Å². The highest BCUT2D eigenvalue weighted by molar-refractivity contribution is 14.1. The van der Waals surface area contributed by atoms with Gasteiger partial charge in [-0.15, -0.1) is 0 Å². The molecule has 1 amide bonds. The Morgan fingerprint density at radius 3 is 2.49 bits per heavy atom. The number of piperidine rings is 1. The number of nitrogen functional groups attached to an aromatic ring is 2. The molecule has 186 valence electrons. The molecule has 5 rings (SSSR count). The fourth-order valence-corrected chi connectivity index (χ4v) is 5.09. The lowest BCUT2D eigenvalue weighted by atomic mass is 10.1. The van der Waals surface area contributed by atoms with Crippen LogP contribution in [0.3, 0.4) is 0 Å². The van der Waals surface area contributed by atoms with Gasteiger partial charge >= 0.3 is 6.09 Å². The fourth-order valence-electron chi connectivity index (χ4n) is 3.70. The molecular weight excluding hydrogens is 680 g/mol. The SMILES string of the molecule is CC(C)(C)OC(=O)N1CCC[C@@H](n2nc(I)c3c(N)ncnc32)C1.Nc1ncnc2n[nH]c(I)c12. The zero-order chi connectivity index (χ0) is 25.3. The third-order valence-electron chi connectivity index (χ3n) is 5.21. The first kappa shape index (κ1) is 25.5. The summed E-state index contributed by atoms with van der Waals surface area (Å²) in [7, 11) is 0. The minimum atomic E-state index is -0.501. The Morgan fingerprint density at radius 1 is 1.11 bits per heavy atom. The van der Waals surface area contributed by atoms with Gasteiger partial charge < -0.3 is 21.1 Å². The van der Waals surface area contributed by atoms with Crippen LogP contribution >= 0.6 is 45.2 Å². The van der Waals surface area contributed by atoms with E-state index in [0.29, 0.717) is 36.0 Å². The van der Waals surface area contributed by atoms with Crippen LogP contribution in [-0.2, 0) is 4.74 Å². The second kappa shape index (κ2) is 10.2. The number of fused-ring (bicyclic) bond motifs is 2. The number of carbonyl (C=O) groups excluding carboxylic acids is 1. The van der Waals surface area contributed by atoms with E-state index in [0.717, 1.165) is 31.0 Å². The zero-order valence-electron chi connectivity index (χ0n) is 19.4. The highest BCUT2D eigenvalue weighted by Gasteiger charge is 2.30. The van der Waals surface area contributed by atoms with Crippen LogP contribution in [-0.4, -0.2) is 69.6 Å². The molecule has 0 unspecified atom stereocenters. The number of amides is 1. The predicted octanol–water partition coefficient (Wildman–Crippen LogP) is 3.12. The average Bonchev–Trinajstić information content (AvgIpc) is 3.35. The number of carbonyl (C=O) groups is 1. The van der Waals surface area contributed by atoms with E-state index in [1.807, 2.05) is 25.5 Å². The van der Waals surface area contributed by atoms with Crippen molar-refractivity contribution in [2.75, 3.05) is 24.6 Å². The van der Waals surface area contributed by atoms with Gasteiger partial charge in [-0.2, -0.15) is 10.2 Å². The molecule has 13 nitrogen and oxygen atoms in total. The van der Waals surface area contributed by atoms with E-state index >= 15 is 0 Å². The number of halogens is 2. The molecule has 1 atom stereocenters. The minimum Gasteiger partial charge on any atom is -0.444 e. The molecule has 0 aromatic carbocycles. The molecule has 5 N–H and O–H groups in total. The van der Waals surface area contributed by atoms with Crippen LogP contribution in [0.5, 0.6) is 0 Å². The Hall–Kier alpha value is -2.57. The van der Waals surface area contributed by atoms with Crippen molar-refractivity contribution in [1.82, 2.24) is 44.8 Å². The maximum Gasteiger partial charge on any atom is 0.410 e. The second-order valence-electron chi connectivity index (χ2n) is 8.91. The maximum atomic E-state index is 12.3. The highest BCUT2D eigenvalue weighted by Crippen LogP contribution is 2.29. The molecule has 0 bridgehead atoms. The summed E-state index contributed by atoms with van der Waals surface area (Å²) in [5, 5.41) is 12.8. The monoisotopic (exact) mass is 705 g/mol. The molecule has 1 aliphatic heterocycles. The van der Waals surface area contributed by atoms with Gasteiger partial charge in [-0.05, 0) is 78.8 Å². The van der Waals surface area contributed by atoms with Crippen molar-refractivity contribution in [3.05, 3.63) is 20.1 Å². The fraction of sp³-hybridized carbons (Fsp3) is 0.450. The Balaban J connectivity index is 0.000000218. The topological polar surface area (TPSA) is 180 Å². The smallest absolute Gasteiger partial charge is 0.410 e. The summed E-state index contributed by atoms with van der Waals surface area (Å²) in [6.07, 6.45) is 4.38. The molecule has 1 fully saturated rings. The van der Waals surface area contributed by atoms with Gasteiger partial charge in [0.15, 0.2) is 11.3 Å². The number of nitrogens with two attached hydrogens (primary N) is 2. The summed E-state index contributed by atoms with van der Waals surface area (Å²) in [6, 6.07) is 0.0478. The molecule has 1 aliphatic rings. The Kier molecular flexibility index (Phi) is 7.43. The van der Waals surface area contributed by atoms with Crippen molar-refractivity contribution in [3.8, 4) is 0 Å². The number of aromatic nitrogens is 8. The van der Waals surface area contributed by atoms with E-state index in [-0.39, 0.29) is 12.1 Å². The van der Waals surface area contributed by atoms with E-state index in [1.54, 1.807) is 4.90 Å². The summed E-state index contributed by atoms with van der Waals surface area (Å²) >= 11 is 4.24. The van der Waals surface area contributed by atoms with Gasteiger partial charge in [0, 0.05) is 13.1 Å². The van der Waals surface area contributed by atoms with E-state index in [4.69, 9.17) is 16.2 Å². The van der Waals surface area contributed by atoms with Crippen LogP contribution in [0.25, 0.3) is 22.1 Å². The third kappa shape index (κ3) is 5.65. The summed E-state index contributed by atoms with van der Waals surface area (Å²) in [5.41, 5.74) is 12.4. The van der Waals surface area contributed by atoms with Crippen LogP contribution in [0.15, 0.2) is 12.7 Å². The summed E-state index contributed by atoms with van der Waals surface area (Å²) in [6.45, 7) is 6.85. The molecule has 0 radical (unpaired) electrons. The number of likely N-dealkylation sites (tertiary alicyclic amines) is 1. The first-order chi connectivity index (χ1) is 16.5. The minimum absolute atomic E-state index is 0.0478. The number of rotatable bonds is 1. The molecule has 0 spiro atoms. The number of nitrogens with one attached hydrogen (secondary N) is 1. The number of nitrogens with zero attached hydrogens (tertiary/aromatic N) is 8. The highest BCUT2D eigenvalue weighted by atomic mass is 127. The first-order valence-electron chi connectivity index (χ1n) is 10.8. The van der Waals surface area contributed by atoms with Crippen LogP contribution in [0.1, 0.15) is 39.7 Å². The summed E-state index contributed by atoms with van der Waals surface area (Å²) < 4.78 is 8.99. The third-order valence-corrected chi connectivity index (χ3v) is 6.74. The molecule has 0 saturated carbocycles. The number of hydrogen-bond acceptors (Lipinski definition) is 10. The number of H-pyrrole nitrogens is 1. The first-order valence-corrected chi connectivity index (χ1v) is 12.9. The van der Waals surface area contributed by atoms with Gasteiger partial charge in [0.1, 0.15) is 37.3 Å². The molecule has 4 aromatic heterocycles. The molecule has 5 heterocycles. The largest absolute Gasteiger partial charge is 0.444 e. The Labute approximate surface area is 228 Å². The lowest BCUT2D eigenvalue weighted by Crippen LogP contribution is -2.43. The lowest BCUT2D eigenvalue weighted by Gasteiger charge is -2.34. The van der Waals surface area contributed by atoms with E-state index in [2.05, 4.69) is 80.4 Å². The Morgan fingerprint density at radius 2 is 1.80 bits per heavy atom.